The predicted molar refractivity (Wildman–Crippen MR) is 29.0 cm³/mol. The molecule has 46 valence electrons. The summed E-state index contributed by atoms with van der Waals surface area (Å²) < 4.78 is 0. The first-order valence-electron chi connectivity index (χ1n) is 2.23. The molecule has 1 saturated heterocycles. The molecule has 1 N–H and O–H groups in total. The average molecular weight is 125 g/mol. The summed E-state index contributed by atoms with van der Waals surface area (Å²) in [4.78, 5) is 5.02. The third kappa shape index (κ3) is 1.23. The van der Waals surface area contributed by atoms with Gasteiger partial charge in [-0.05, 0) is 11.1 Å². The predicted octanol–water partition coefficient (Wildman–Crippen LogP) is 0.862. The van der Waals surface area contributed by atoms with Crippen LogP contribution in [-0.4, -0.2) is 12.3 Å². The van der Waals surface area contributed by atoms with Crippen LogP contribution in [0.3, 0.4) is 0 Å². The van der Waals surface area contributed by atoms with Crippen LogP contribution in [0.2, 0.25) is 0 Å². The van der Waals surface area contributed by atoms with E-state index < -0.39 is 0 Å². The Morgan fingerprint density at radius 2 is 1.56 bits per heavy atom. The molecule has 1 aliphatic heterocycles. The van der Waals surface area contributed by atoms with Crippen molar-refractivity contribution in [3.63, 3.8) is 0 Å². The summed E-state index contributed by atoms with van der Waals surface area (Å²) in [5.41, 5.74) is 15.7. The second kappa shape index (κ2) is 2.23. The quantitative estimate of drug-likeness (QED) is 0.250. The molecule has 1 heterocycles. The molecule has 7 nitrogen and oxygen atoms in total. The molecule has 0 aromatic rings. The summed E-state index contributed by atoms with van der Waals surface area (Å²) in [6, 6.07) is 0. The van der Waals surface area contributed by atoms with Crippen LogP contribution in [0.5, 0.6) is 0 Å². The Hall–Kier alpha value is -1.42. The summed E-state index contributed by atoms with van der Waals surface area (Å²) in [7, 11) is 0. The molecular weight excluding hydrogens is 122 g/mol. The lowest BCUT2D eigenvalue weighted by molar-refractivity contribution is 0.940. The lowest BCUT2D eigenvalue weighted by Crippen LogP contribution is -1.79. The highest BCUT2D eigenvalue weighted by molar-refractivity contribution is 4.93. The first-order chi connectivity index (χ1) is 4.38. The van der Waals surface area contributed by atoms with Crippen molar-refractivity contribution >= 4 is 0 Å². The van der Waals surface area contributed by atoms with Crippen molar-refractivity contribution in [1.29, 1.82) is 0 Å². The SMILES string of the molecule is [N-]=[N+]=NC1NC1N=[N+]=[N-]. The normalized spacial score (nSPS) is 29.8. The molecule has 0 aliphatic carbocycles. The molecule has 0 bridgehead atoms. The Morgan fingerprint density at radius 1 is 1.11 bits per heavy atom. The van der Waals surface area contributed by atoms with E-state index in [1.54, 1.807) is 0 Å². The summed E-state index contributed by atoms with van der Waals surface area (Å²) in [6.07, 6.45) is -0.656. The fourth-order valence-electron chi connectivity index (χ4n) is 0.424. The maximum Gasteiger partial charge on any atom is 0.108 e. The number of nitrogens with zero attached hydrogens (tertiary/aromatic N) is 6. The molecule has 1 aliphatic rings. The zero-order valence-corrected chi connectivity index (χ0v) is 4.34. The number of nitrogens with one attached hydrogen (secondary N) is 1. The molecule has 2 unspecified atom stereocenters. The minimum atomic E-state index is -0.328. The third-order valence-corrected chi connectivity index (χ3v) is 0.884. The van der Waals surface area contributed by atoms with Gasteiger partial charge in [-0.15, -0.1) is 0 Å². The summed E-state index contributed by atoms with van der Waals surface area (Å²) >= 11 is 0. The Balaban J connectivity index is 2.41. The van der Waals surface area contributed by atoms with Crippen LogP contribution in [0.25, 0.3) is 20.9 Å². The molecule has 0 saturated carbocycles. The van der Waals surface area contributed by atoms with Crippen molar-refractivity contribution in [3.05, 3.63) is 20.9 Å². The van der Waals surface area contributed by atoms with E-state index in [4.69, 9.17) is 11.1 Å². The van der Waals surface area contributed by atoms with Gasteiger partial charge in [0.2, 0.25) is 0 Å². The van der Waals surface area contributed by atoms with Crippen LogP contribution in [-0.2, 0) is 0 Å². The van der Waals surface area contributed by atoms with Crippen molar-refractivity contribution < 1.29 is 0 Å². The van der Waals surface area contributed by atoms with Gasteiger partial charge in [-0.3, -0.25) is 5.32 Å². The smallest absolute Gasteiger partial charge is 0.108 e. The first kappa shape index (κ1) is 5.71. The fourth-order valence-corrected chi connectivity index (χ4v) is 0.424. The van der Waals surface area contributed by atoms with Crippen molar-refractivity contribution in [2.45, 2.75) is 12.3 Å². The van der Waals surface area contributed by atoms with E-state index in [-0.39, 0.29) is 12.3 Å². The highest BCUT2D eigenvalue weighted by Crippen LogP contribution is 2.12. The first-order valence-corrected chi connectivity index (χ1v) is 2.23. The van der Waals surface area contributed by atoms with Crippen molar-refractivity contribution in [1.82, 2.24) is 5.32 Å². The van der Waals surface area contributed by atoms with E-state index in [0.29, 0.717) is 0 Å². The zero-order valence-electron chi connectivity index (χ0n) is 4.34. The summed E-state index contributed by atoms with van der Waals surface area (Å²) in [5, 5.41) is 9.11. The highest BCUT2D eigenvalue weighted by atomic mass is 15.4. The Kier molecular flexibility index (Phi) is 1.42. The van der Waals surface area contributed by atoms with Gasteiger partial charge < -0.3 is 0 Å². The van der Waals surface area contributed by atoms with Gasteiger partial charge in [0.25, 0.3) is 0 Å². The molecule has 1 fully saturated rings. The van der Waals surface area contributed by atoms with Crippen molar-refractivity contribution in [2.24, 2.45) is 10.2 Å². The molecule has 1 rings (SSSR count). The number of azide groups is 2. The van der Waals surface area contributed by atoms with Crippen molar-refractivity contribution in [3.8, 4) is 0 Å². The standard InChI is InChI=1S/C2H3N7/c3-8-6-1-2(5-1)7-9-4/h1-2,5H. The van der Waals surface area contributed by atoms with Crippen LogP contribution < -0.4 is 5.32 Å². The second-order valence-corrected chi connectivity index (χ2v) is 1.47. The van der Waals surface area contributed by atoms with Crippen LogP contribution in [0.1, 0.15) is 0 Å². The van der Waals surface area contributed by atoms with Gasteiger partial charge in [0.05, 0.1) is 0 Å². The number of hydrogen-bond acceptors (Lipinski definition) is 3. The zero-order chi connectivity index (χ0) is 6.69. The lowest BCUT2D eigenvalue weighted by atomic mass is 10.7. The summed E-state index contributed by atoms with van der Waals surface area (Å²) in [6.45, 7) is 0. The molecule has 9 heavy (non-hydrogen) atoms. The molecule has 0 spiro atoms. The van der Waals surface area contributed by atoms with Crippen LogP contribution in [0.15, 0.2) is 10.2 Å². The Morgan fingerprint density at radius 3 is 1.89 bits per heavy atom. The van der Waals surface area contributed by atoms with Gasteiger partial charge in [0.1, 0.15) is 12.3 Å². The van der Waals surface area contributed by atoms with Gasteiger partial charge in [-0.1, -0.05) is 10.2 Å². The largest absolute Gasteiger partial charge is 0.298 e. The Labute approximate surface area is 49.9 Å². The molecule has 0 aromatic heterocycles. The maximum atomic E-state index is 7.85. The highest BCUT2D eigenvalue weighted by Gasteiger charge is 2.33. The van der Waals surface area contributed by atoms with E-state index in [1.807, 2.05) is 0 Å². The molecule has 2 atom stereocenters. The minimum absolute atomic E-state index is 0.328. The molecule has 0 aromatic carbocycles. The van der Waals surface area contributed by atoms with E-state index in [1.165, 1.54) is 0 Å². The maximum absolute atomic E-state index is 7.85. The third-order valence-electron chi connectivity index (χ3n) is 0.884. The van der Waals surface area contributed by atoms with Gasteiger partial charge >= 0.3 is 0 Å². The van der Waals surface area contributed by atoms with E-state index in [2.05, 4.69) is 25.4 Å². The van der Waals surface area contributed by atoms with Gasteiger partial charge in [-0.25, -0.2) is 0 Å². The molecule has 0 amide bonds. The average Bonchev–Trinajstić information content (AvgIpc) is 2.50. The molecule has 0 radical (unpaired) electrons. The number of rotatable bonds is 2. The minimum Gasteiger partial charge on any atom is -0.298 e. The van der Waals surface area contributed by atoms with Crippen LogP contribution >= 0.6 is 0 Å². The van der Waals surface area contributed by atoms with Crippen LogP contribution in [0.4, 0.5) is 0 Å². The molecule has 7 heteroatoms. The van der Waals surface area contributed by atoms with E-state index >= 15 is 0 Å². The van der Waals surface area contributed by atoms with Crippen molar-refractivity contribution in [2.75, 3.05) is 0 Å². The lowest BCUT2D eigenvalue weighted by Gasteiger charge is -1.69. The van der Waals surface area contributed by atoms with Crippen LogP contribution in [0, 0.1) is 0 Å². The van der Waals surface area contributed by atoms with E-state index in [0.717, 1.165) is 0 Å². The number of hydrogen-bond donors (Lipinski definition) is 1. The Bertz CT molecular complexity index is 173. The fraction of sp³-hybridized carbons (Fsp3) is 1.00. The second-order valence-electron chi connectivity index (χ2n) is 1.47. The monoisotopic (exact) mass is 125 g/mol. The summed E-state index contributed by atoms with van der Waals surface area (Å²) in [5.74, 6) is 0. The topological polar surface area (TPSA) is 119 Å². The van der Waals surface area contributed by atoms with E-state index in [9.17, 15) is 0 Å². The molecular formula is C2H3N7. The van der Waals surface area contributed by atoms with Gasteiger partial charge in [0, 0.05) is 9.82 Å². The van der Waals surface area contributed by atoms with Gasteiger partial charge in [0.15, 0.2) is 0 Å². The van der Waals surface area contributed by atoms with Gasteiger partial charge in [-0.2, -0.15) is 0 Å².